The van der Waals surface area contributed by atoms with Gasteiger partial charge in [0.15, 0.2) is 5.69 Å². The average molecular weight is 268 g/mol. The zero-order valence-electron chi connectivity index (χ0n) is 10.1. The highest BCUT2D eigenvalue weighted by molar-refractivity contribution is 5.90. The number of aromatic amines is 1. The minimum Gasteiger partial charge on any atom is -0.258 e. The third-order valence-corrected chi connectivity index (χ3v) is 2.67. The highest BCUT2D eigenvalue weighted by Gasteiger charge is 2.18. The molecule has 8 heteroatoms. The minimum atomic E-state index is -0.514. The van der Waals surface area contributed by atoms with Crippen LogP contribution in [-0.4, -0.2) is 20.3 Å². The van der Waals surface area contributed by atoms with Gasteiger partial charge in [-0.15, -0.1) is 10.2 Å². The van der Waals surface area contributed by atoms with Crippen LogP contribution >= 0.6 is 0 Å². The van der Waals surface area contributed by atoms with E-state index < -0.39 is 4.92 Å². The number of nitro benzene ring substituents is 1. The van der Waals surface area contributed by atoms with Crippen molar-refractivity contribution in [1.82, 2.24) is 15.4 Å². The third kappa shape index (κ3) is 2.09. The molecule has 3 aromatic rings. The highest BCUT2D eigenvalue weighted by atomic mass is 16.6. The van der Waals surface area contributed by atoms with Gasteiger partial charge in [-0.2, -0.15) is 5.11 Å². The van der Waals surface area contributed by atoms with Crippen LogP contribution in [0.1, 0.15) is 0 Å². The molecule has 0 bridgehead atoms. The van der Waals surface area contributed by atoms with Gasteiger partial charge in [0.05, 0.1) is 10.6 Å². The van der Waals surface area contributed by atoms with Crippen molar-refractivity contribution in [2.24, 2.45) is 10.2 Å². The molecule has 2 aromatic carbocycles. The molecule has 1 aromatic heterocycles. The van der Waals surface area contributed by atoms with Crippen molar-refractivity contribution in [3.8, 4) is 0 Å². The molecule has 0 spiro atoms. The topological polar surface area (TPSA) is 109 Å². The van der Waals surface area contributed by atoms with Gasteiger partial charge in [-0.05, 0) is 18.2 Å². The van der Waals surface area contributed by atoms with Crippen molar-refractivity contribution in [2.45, 2.75) is 0 Å². The summed E-state index contributed by atoms with van der Waals surface area (Å²) in [6.07, 6.45) is 0. The van der Waals surface area contributed by atoms with Crippen molar-refractivity contribution in [2.75, 3.05) is 0 Å². The Hall–Kier alpha value is -3.16. The molecule has 1 heterocycles. The fourth-order valence-electron chi connectivity index (χ4n) is 1.74. The van der Waals surface area contributed by atoms with E-state index in [0.29, 0.717) is 16.7 Å². The number of nitrogens with zero attached hydrogens (tertiary/aromatic N) is 5. The minimum absolute atomic E-state index is 0.112. The molecule has 0 fully saturated rings. The molecule has 3 rings (SSSR count). The molecule has 0 atom stereocenters. The van der Waals surface area contributed by atoms with Crippen molar-refractivity contribution < 1.29 is 4.92 Å². The Bertz CT molecular complexity index is 796. The maximum atomic E-state index is 11.0. The first kappa shape index (κ1) is 11.9. The second kappa shape index (κ2) is 4.84. The predicted octanol–water partition coefficient (Wildman–Crippen LogP) is 3.28. The summed E-state index contributed by atoms with van der Waals surface area (Å²) in [5, 5.41) is 29.0. The first-order valence-corrected chi connectivity index (χ1v) is 5.70. The molecule has 1 N–H and O–H groups in total. The summed E-state index contributed by atoms with van der Waals surface area (Å²) < 4.78 is 0. The molecule has 0 saturated carbocycles. The smallest absolute Gasteiger partial charge is 0.258 e. The lowest BCUT2D eigenvalue weighted by Gasteiger charge is -1.97. The summed E-state index contributed by atoms with van der Waals surface area (Å²) in [5.41, 5.74) is 1.45. The van der Waals surface area contributed by atoms with Crippen LogP contribution in [0.25, 0.3) is 11.0 Å². The molecule has 0 aliphatic rings. The number of nitrogens with one attached hydrogen (secondary N) is 1. The molecule has 0 saturated heterocycles. The van der Waals surface area contributed by atoms with Crippen LogP contribution in [-0.2, 0) is 0 Å². The first-order chi connectivity index (χ1) is 9.75. The number of rotatable bonds is 3. The van der Waals surface area contributed by atoms with Gasteiger partial charge in [-0.1, -0.05) is 23.4 Å². The molecule has 0 amide bonds. The van der Waals surface area contributed by atoms with Crippen molar-refractivity contribution in [1.29, 1.82) is 0 Å². The molecule has 20 heavy (non-hydrogen) atoms. The number of hydrogen-bond donors (Lipinski definition) is 1. The zero-order chi connectivity index (χ0) is 13.9. The van der Waals surface area contributed by atoms with Gasteiger partial charge >= 0.3 is 0 Å². The normalized spacial score (nSPS) is 11.2. The standard InChI is InChI=1S/C12H8N6O2/c19-18(20)10-7-6-9-11(16-17-14-9)12(10)15-13-8-4-2-1-3-5-8/h1-7H,(H,14,16,17)/b15-13+. The lowest BCUT2D eigenvalue weighted by Crippen LogP contribution is -1.88. The van der Waals surface area contributed by atoms with Gasteiger partial charge in [0, 0.05) is 6.07 Å². The van der Waals surface area contributed by atoms with Gasteiger partial charge < -0.3 is 0 Å². The van der Waals surface area contributed by atoms with E-state index >= 15 is 0 Å². The van der Waals surface area contributed by atoms with Crippen molar-refractivity contribution >= 4 is 28.1 Å². The third-order valence-electron chi connectivity index (χ3n) is 2.67. The van der Waals surface area contributed by atoms with E-state index in [4.69, 9.17) is 0 Å². The van der Waals surface area contributed by atoms with Gasteiger partial charge in [0.2, 0.25) is 0 Å². The quantitative estimate of drug-likeness (QED) is 0.446. The summed E-state index contributed by atoms with van der Waals surface area (Å²) >= 11 is 0. The van der Waals surface area contributed by atoms with Crippen LogP contribution in [0, 0.1) is 10.1 Å². The first-order valence-electron chi connectivity index (χ1n) is 5.70. The molecule has 0 unspecified atom stereocenters. The van der Waals surface area contributed by atoms with Crippen molar-refractivity contribution in [3.05, 3.63) is 52.6 Å². The Morgan fingerprint density at radius 1 is 1.10 bits per heavy atom. The number of fused-ring (bicyclic) bond motifs is 1. The summed E-state index contributed by atoms with van der Waals surface area (Å²) in [7, 11) is 0. The van der Waals surface area contributed by atoms with E-state index in [2.05, 4.69) is 25.6 Å². The summed E-state index contributed by atoms with van der Waals surface area (Å²) in [6.45, 7) is 0. The monoisotopic (exact) mass is 268 g/mol. The number of H-pyrrole nitrogens is 1. The van der Waals surface area contributed by atoms with Crippen molar-refractivity contribution in [3.63, 3.8) is 0 Å². The SMILES string of the molecule is O=[N+]([O-])c1ccc2nn[nH]c2c1/N=N/c1ccccc1. The fourth-order valence-corrected chi connectivity index (χ4v) is 1.74. The van der Waals surface area contributed by atoms with Gasteiger partial charge in [-0.3, -0.25) is 15.2 Å². The summed E-state index contributed by atoms with van der Waals surface area (Å²) in [6, 6.07) is 11.8. The van der Waals surface area contributed by atoms with Gasteiger partial charge in [-0.25, -0.2) is 0 Å². The highest BCUT2D eigenvalue weighted by Crippen LogP contribution is 2.34. The van der Waals surface area contributed by atoms with Crippen LogP contribution in [0.5, 0.6) is 0 Å². The van der Waals surface area contributed by atoms with E-state index in [-0.39, 0.29) is 11.4 Å². The Morgan fingerprint density at radius 2 is 1.90 bits per heavy atom. The van der Waals surface area contributed by atoms with Crippen LogP contribution in [0.15, 0.2) is 52.7 Å². The molecule has 0 aliphatic heterocycles. The molecule has 0 radical (unpaired) electrons. The second-order valence-electron chi connectivity index (χ2n) is 3.93. The fraction of sp³-hybridized carbons (Fsp3) is 0. The van der Waals surface area contributed by atoms with E-state index in [1.54, 1.807) is 24.3 Å². The van der Waals surface area contributed by atoms with Gasteiger partial charge in [0.25, 0.3) is 5.69 Å². The molecule has 0 aliphatic carbocycles. The zero-order valence-corrected chi connectivity index (χ0v) is 10.1. The predicted molar refractivity (Wildman–Crippen MR) is 71.2 cm³/mol. The van der Waals surface area contributed by atoms with Crippen LogP contribution < -0.4 is 0 Å². The van der Waals surface area contributed by atoms with E-state index in [1.165, 1.54) is 12.1 Å². The maximum absolute atomic E-state index is 11.0. The van der Waals surface area contributed by atoms with E-state index in [0.717, 1.165) is 0 Å². The Labute approximate surface area is 112 Å². The van der Waals surface area contributed by atoms with Gasteiger partial charge in [0.1, 0.15) is 11.0 Å². The van der Waals surface area contributed by atoms with Crippen LogP contribution in [0.4, 0.5) is 17.1 Å². The lowest BCUT2D eigenvalue weighted by atomic mass is 10.2. The number of azo groups is 1. The maximum Gasteiger partial charge on any atom is 0.299 e. The van der Waals surface area contributed by atoms with E-state index in [1.807, 2.05) is 6.07 Å². The van der Waals surface area contributed by atoms with Crippen LogP contribution in [0.3, 0.4) is 0 Å². The molecule has 98 valence electrons. The number of aromatic nitrogens is 3. The number of nitro groups is 1. The Morgan fingerprint density at radius 3 is 2.65 bits per heavy atom. The van der Waals surface area contributed by atoms with E-state index in [9.17, 15) is 10.1 Å². The average Bonchev–Trinajstić information content (AvgIpc) is 2.94. The number of benzene rings is 2. The van der Waals surface area contributed by atoms with Crippen LogP contribution in [0.2, 0.25) is 0 Å². The molecule has 8 nitrogen and oxygen atoms in total. The summed E-state index contributed by atoms with van der Waals surface area (Å²) in [5.74, 6) is 0. The molecular formula is C12H8N6O2. The Balaban J connectivity index is 2.13. The second-order valence-corrected chi connectivity index (χ2v) is 3.93. The molecular weight excluding hydrogens is 260 g/mol. The summed E-state index contributed by atoms with van der Waals surface area (Å²) in [4.78, 5) is 10.5. The Kier molecular flexibility index (Phi) is 2.88. The largest absolute Gasteiger partial charge is 0.299 e. The number of hydrogen-bond acceptors (Lipinski definition) is 6. The lowest BCUT2D eigenvalue weighted by molar-refractivity contribution is -0.384.